The lowest BCUT2D eigenvalue weighted by atomic mass is 9.99. The van der Waals surface area contributed by atoms with Crippen molar-refractivity contribution >= 4 is 10.9 Å². The highest BCUT2D eigenvalue weighted by molar-refractivity contribution is 5.78. The summed E-state index contributed by atoms with van der Waals surface area (Å²) in [6.07, 6.45) is 4.42. The van der Waals surface area contributed by atoms with Crippen LogP contribution in [0.3, 0.4) is 0 Å². The average molecular weight is 230 g/mol. The molecule has 0 unspecified atom stereocenters. The number of rotatable bonds is 3. The van der Waals surface area contributed by atoms with Crippen molar-refractivity contribution in [1.29, 1.82) is 0 Å². The highest BCUT2D eigenvalue weighted by Gasteiger charge is 2.12. The van der Waals surface area contributed by atoms with E-state index in [0.717, 1.165) is 31.1 Å². The molecule has 1 saturated heterocycles. The fourth-order valence-electron chi connectivity index (χ4n) is 2.40. The van der Waals surface area contributed by atoms with E-state index >= 15 is 0 Å². The first-order chi connectivity index (χ1) is 8.43. The molecular formula is C13H18N4. The van der Waals surface area contributed by atoms with Gasteiger partial charge in [0, 0.05) is 11.9 Å². The number of benzene rings is 1. The Bertz CT molecular complexity index is 485. The standard InChI is InChI=1S/C13H18N4/c1-2-4-13-12(3-1)10-16-17(13)15-9-11-5-7-14-8-6-11/h1-4,10-11,14-15H,5-9H2. The molecule has 0 atom stereocenters. The van der Waals surface area contributed by atoms with Gasteiger partial charge in [0.25, 0.3) is 0 Å². The number of piperidine rings is 1. The number of para-hydroxylation sites is 1. The van der Waals surface area contributed by atoms with E-state index in [9.17, 15) is 0 Å². The summed E-state index contributed by atoms with van der Waals surface area (Å²) >= 11 is 0. The zero-order valence-corrected chi connectivity index (χ0v) is 9.89. The van der Waals surface area contributed by atoms with Crippen LogP contribution in [0.1, 0.15) is 12.8 Å². The molecule has 1 aliphatic rings. The van der Waals surface area contributed by atoms with Crippen molar-refractivity contribution < 1.29 is 0 Å². The van der Waals surface area contributed by atoms with Crippen molar-refractivity contribution in [2.75, 3.05) is 25.1 Å². The van der Waals surface area contributed by atoms with Crippen LogP contribution >= 0.6 is 0 Å². The van der Waals surface area contributed by atoms with E-state index in [1.807, 2.05) is 23.1 Å². The Kier molecular flexibility index (Phi) is 2.96. The monoisotopic (exact) mass is 230 g/mol. The molecule has 4 heteroatoms. The molecule has 90 valence electrons. The van der Waals surface area contributed by atoms with E-state index in [2.05, 4.69) is 28.0 Å². The van der Waals surface area contributed by atoms with E-state index in [1.165, 1.54) is 18.2 Å². The molecule has 1 fully saturated rings. The van der Waals surface area contributed by atoms with Gasteiger partial charge in [0.2, 0.25) is 0 Å². The third kappa shape index (κ3) is 2.26. The Hall–Kier alpha value is -1.55. The minimum atomic E-state index is 0.763. The van der Waals surface area contributed by atoms with Gasteiger partial charge in [0.15, 0.2) is 0 Å². The van der Waals surface area contributed by atoms with Crippen LogP contribution in [0.5, 0.6) is 0 Å². The summed E-state index contributed by atoms with van der Waals surface area (Å²) in [6.45, 7) is 3.30. The second-order valence-corrected chi connectivity index (χ2v) is 4.67. The quantitative estimate of drug-likeness (QED) is 0.841. The maximum Gasteiger partial charge on any atom is 0.0918 e. The first kappa shape index (κ1) is 10.6. The first-order valence-electron chi connectivity index (χ1n) is 6.31. The summed E-state index contributed by atoms with van der Waals surface area (Å²) in [7, 11) is 0. The molecule has 2 heterocycles. The van der Waals surface area contributed by atoms with Gasteiger partial charge in [-0.25, -0.2) is 0 Å². The fourth-order valence-corrected chi connectivity index (χ4v) is 2.40. The number of nitrogens with zero attached hydrogens (tertiary/aromatic N) is 2. The number of hydrogen-bond acceptors (Lipinski definition) is 3. The molecule has 3 rings (SSSR count). The van der Waals surface area contributed by atoms with Crippen molar-refractivity contribution in [3.63, 3.8) is 0 Å². The summed E-state index contributed by atoms with van der Waals surface area (Å²) in [5, 5.41) is 8.94. The molecule has 0 spiro atoms. The van der Waals surface area contributed by atoms with Gasteiger partial charge < -0.3 is 10.7 Å². The third-order valence-corrected chi connectivity index (χ3v) is 3.47. The average Bonchev–Trinajstić information content (AvgIpc) is 2.81. The van der Waals surface area contributed by atoms with E-state index in [1.54, 1.807) is 0 Å². The van der Waals surface area contributed by atoms with Gasteiger partial charge in [-0.05, 0) is 37.9 Å². The number of nitrogens with one attached hydrogen (secondary N) is 2. The van der Waals surface area contributed by atoms with Crippen LogP contribution in [0.15, 0.2) is 30.5 Å². The molecule has 4 nitrogen and oxygen atoms in total. The van der Waals surface area contributed by atoms with Crippen LogP contribution in [0.25, 0.3) is 10.9 Å². The lowest BCUT2D eigenvalue weighted by Crippen LogP contribution is -2.33. The highest BCUT2D eigenvalue weighted by atomic mass is 15.6. The third-order valence-electron chi connectivity index (χ3n) is 3.47. The van der Waals surface area contributed by atoms with E-state index in [4.69, 9.17) is 0 Å². The molecule has 1 aliphatic heterocycles. The number of fused-ring (bicyclic) bond motifs is 1. The second kappa shape index (κ2) is 4.75. The van der Waals surface area contributed by atoms with Crippen molar-refractivity contribution in [3.8, 4) is 0 Å². The molecule has 1 aromatic carbocycles. The van der Waals surface area contributed by atoms with Gasteiger partial charge in [-0.3, -0.25) is 0 Å². The van der Waals surface area contributed by atoms with Crippen LogP contribution in [0, 0.1) is 5.92 Å². The normalized spacial score (nSPS) is 17.4. The van der Waals surface area contributed by atoms with Crippen molar-refractivity contribution in [2.45, 2.75) is 12.8 Å². The summed E-state index contributed by atoms with van der Waals surface area (Å²) < 4.78 is 0. The minimum Gasteiger partial charge on any atom is -0.317 e. The fraction of sp³-hybridized carbons (Fsp3) is 0.462. The maximum atomic E-state index is 4.37. The Morgan fingerprint density at radius 2 is 2.12 bits per heavy atom. The van der Waals surface area contributed by atoms with Crippen LogP contribution in [-0.4, -0.2) is 29.5 Å². The molecule has 0 amide bonds. The van der Waals surface area contributed by atoms with Gasteiger partial charge >= 0.3 is 0 Å². The van der Waals surface area contributed by atoms with Crippen molar-refractivity contribution in [1.82, 2.24) is 15.2 Å². The molecule has 2 N–H and O–H groups in total. The minimum absolute atomic E-state index is 0.763. The summed E-state index contributed by atoms with van der Waals surface area (Å²) in [5.41, 5.74) is 4.57. The molecule has 0 saturated carbocycles. The molecule has 0 bridgehead atoms. The molecule has 0 aliphatic carbocycles. The number of aromatic nitrogens is 2. The van der Waals surface area contributed by atoms with Gasteiger partial charge in [-0.2, -0.15) is 9.89 Å². The second-order valence-electron chi connectivity index (χ2n) is 4.67. The van der Waals surface area contributed by atoms with Crippen LogP contribution in [0.2, 0.25) is 0 Å². The number of hydrogen-bond donors (Lipinski definition) is 2. The predicted molar refractivity (Wildman–Crippen MR) is 69.6 cm³/mol. The highest BCUT2D eigenvalue weighted by Crippen LogP contribution is 2.13. The molecule has 0 radical (unpaired) electrons. The van der Waals surface area contributed by atoms with Gasteiger partial charge in [0.1, 0.15) is 0 Å². The molecule has 1 aromatic heterocycles. The van der Waals surface area contributed by atoms with Crippen LogP contribution in [0.4, 0.5) is 0 Å². The van der Waals surface area contributed by atoms with Crippen LogP contribution < -0.4 is 10.7 Å². The SMILES string of the molecule is c1ccc2c(c1)cnn2NCC1CCNCC1. The van der Waals surface area contributed by atoms with E-state index < -0.39 is 0 Å². The molecular weight excluding hydrogens is 212 g/mol. The van der Waals surface area contributed by atoms with Gasteiger partial charge in [-0.1, -0.05) is 18.2 Å². The summed E-state index contributed by atoms with van der Waals surface area (Å²) in [6, 6.07) is 8.27. The van der Waals surface area contributed by atoms with E-state index in [0.29, 0.717) is 0 Å². The van der Waals surface area contributed by atoms with Crippen LogP contribution in [-0.2, 0) is 0 Å². The Labute approximate surface area is 101 Å². The van der Waals surface area contributed by atoms with E-state index in [-0.39, 0.29) is 0 Å². The first-order valence-corrected chi connectivity index (χ1v) is 6.31. The topological polar surface area (TPSA) is 41.9 Å². The summed E-state index contributed by atoms with van der Waals surface area (Å²) in [5.74, 6) is 0.763. The van der Waals surface area contributed by atoms with Crippen molar-refractivity contribution in [2.24, 2.45) is 5.92 Å². The Balaban J connectivity index is 1.68. The van der Waals surface area contributed by atoms with Crippen molar-refractivity contribution in [3.05, 3.63) is 30.5 Å². The molecule has 17 heavy (non-hydrogen) atoms. The van der Waals surface area contributed by atoms with Gasteiger partial charge in [0.05, 0.1) is 11.7 Å². The molecule has 2 aromatic rings. The van der Waals surface area contributed by atoms with Gasteiger partial charge in [-0.15, -0.1) is 0 Å². The summed E-state index contributed by atoms with van der Waals surface area (Å²) in [4.78, 5) is 1.90. The lowest BCUT2D eigenvalue weighted by molar-refractivity contribution is 0.380. The largest absolute Gasteiger partial charge is 0.317 e. The zero-order valence-electron chi connectivity index (χ0n) is 9.89. The maximum absolute atomic E-state index is 4.37. The lowest BCUT2D eigenvalue weighted by Gasteiger charge is -2.23. The Morgan fingerprint density at radius 3 is 3.00 bits per heavy atom. The predicted octanol–water partition coefficient (Wildman–Crippen LogP) is 1.58. The Morgan fingerprint density at radius 1 is 1.29 bits per heavy atom. The smallest absolute Gasteiger partial charge is 0.0918 e. The zero-order chi connectivity index (χ0) is 11.5.